The molecule has 1 aromatic heterocycles. The fraction of sp³-hybridized carbons (Fsp3) is 0.500. The molecule has 2 aromatic rings. The van der Waals surface area contributed by atoms with Crippen LogP contribution in [-0.2, 0) is 16.0 Å². The fourth-order valence-corrected chi connectivity index (χ4v) is 4.90. The smallest absolute Gasteiger partial charge is 0.267 e. The highest BCUT2D eigenvalue weighted by molar-refractivity contribution is 7.13. The summed E-state index contributed by atoms with van der Waals surface area (Å²) >= 11 is 1.18. The van der Waals surface area contributed by atoms with Crippen molar-refractivity contribution in [1.29, 1.82) is 0 Å². The summed E-state index contributed by atoms with van der Waals surface area (Å²) in [6.07, 6.45) is -1.99. The third-order valence-corrected chi connectivity index (χ3v) is 6.84. The summed E-state index contributed by atoms with van der Waals surface area (Å²) in [4.78, 5) is 44.0. The molecule has 1 fully saturated rings. The van der Waals surface area contributed by atoms with Crippen molar-refractivity contribution in [2.24, 2.45) is 0 Å². The SMILES string of the molecule is CCCNC(=O)C1CC(F)(F)CN1C(=O)C(O)C(Cc1ccccc1)NC(=O)c1sc(C)nc1C. The van der Waals surface area contributed by atoms with Crippen LogP contribution < -0.4 is 10.6 Å². The Labute approximate surface area is 206 Å². The van der Waals surface area contributed by atoms with Crippen LogP contribution in [0.15, 0.2) is 30.3 Å². The Kier molecular flexibility index (Phi) is 8.55. The van der Waals surface area contributed by atoms with Crippen LogP contribution in [-0.4, -0.2) is 69.9 Å². The van der Waals surface area contributed by atoms with Crippen molar-refractivity contribution in [3.8, 4) is 0 Å². The maximum Gasteiger partial charge on any atom is 0.267 e. The highest BCUT2D eigenvalue weighted by atomic mass is 32.1. The number of thiazole rings is 1. The predicted molar refractivity (Wildman–Crippen MR) is 127 cm³/mol. The Morgan fingerprint density at radius 1 is 1.26 bits per heavy atom. The van der Waals surface area contributed by atoms with Crippen LogP contribution in [0.5, 0.6) is 0 Å². The van der Waals surface area contributed by atoms with Crippen LogP contribution >= 0.6 is 11.3 Å². The molecule has 0 aliphatic carbocycles. The lowest BCUT2D eigenvalue weighted by molar-refractivity contribution is -0.147. The Bertz CT molecular complexity index is 1060. The minimum Gasteiger partial charge on any atom is -0.381 e. The van der Waals surface area contributed by atoms with Crippen LogP contribution in [0.2, 0.25) is 0 Å². The minimum atomic E-state index is -3.26. The molecule has 3 amide bonds. The van der Waals surface area contributed by atoms with Crippen LogP contribution in [0.4, 0.5) is 8.78 Å². The zero-order valence-corrected chi connectivity index (χ0v) is 20.7. The number of halogens is 2. The van der Waals surface area contributed by atoms with E-state index in [-0.39, 0.29) is 13.0 Å². The molecule has 3 unspecified atom stereocenters. The number of likely N-dealkylation sites (tertiary alicyclic amines) is 1. The first kappa shape index (κ1) is 26.7. The zero-order chi connectivity index (χ0) is 25.8. The standard InChI is InChI=1S/C24H30F2N4O4S/c1-4-10-27-21(32)18-12-24(25,26)13-30(18)23(34)19(31)17(11-16-8-6-5-7-9-16)29-22(33)20-14(2)28-15(3)35-20/h5-9,17-19,31H,4,10-13H2,1-3H3,(H,27,32)(H,29,33). The summed E-state index contributed by atoms with van der Waals surface area (Å²) in [7, 11) is 0. The molecule has 11 heteroatoms. The average Bonchev–Trinajstić information content (AvgIpc) is 3.33. The van der Waals surface area contributed by atoms with Crippen molar-refractivity contribution in [2.45, 2.75) is 64.1 Å². The molecule has 2 heterocycles. The second kappa shape index (κ2) is 11.2. The van der Waals surface area contributed by atoms with Crippen molar-refractivity contribution in [2.75, 3.05) is 13.1 Å². The number of aliphatic hydroxyl groups is 1. The van der Waals surface area contributed by atoms with E-state index < -0.39 is 54.8 Å². The van der Waals surface area contributed by atoms with Gasteiger partial charge in [-0.3, -0.25) is 14.4 Å². The lowest BCUT2D eigenvalue weighted by atomic mass is 9.99. The number of hydrogen-bond acceptors (Lipinski definition) is 6. The first-order chi connectivity index (χ1) is 16.5. The number of rotatable bonds is 9. The summed E-state index contributed by atoms with van der Waals surface area (Å²) in [5.41, 5.74) is 1.24. The Hall–Kier alpha value is -2.92. The molecule has 3 atom stereocenters. The van der Waals surface area contributed by atoms with Gasteiger partial charge < -0.3 is 20.6 Å². The molecule has 1 saturated heterocycles. The number of carbonyl (C=O) groups is 3. The lowest BCUT2D eigenvalue weighted by Crippen LogP contribution is -2.56. The first-order valence-electron chi connectivity index (χ1n) is 11.4. The average molecular weight is 509 g/mol. The summed E-state index contributed by atoms with van der Waals surface area (Å²) in [6.45, 7) is 4.56. The highest BCUT2D eigenvalue weighted by Crippen LogP contribution is 2.33. The highest BCUT2D eigenvalue weighted by Gasteiger charge is 2.51. The maximum atomic E-state index is 14.2. The van der Waals surface area contributed by atoms with Gasteiger partial charge in [0.25, 0.3) is 17.7 Å². The molecule has 1 aliphatic heterocycles. The van der Waals surface area contributed by atoms with Crippen molar-refractivity contribution in [1.82, 2.24) is 20.5 Å². The molecule has 3 N–H and O–H groups in total. The van der Waals surface area contributed by atoms with E-state index in [1.807, 2.05) is 6.92 Å². The maximum absolute atomic E-state index is 14.2. The van der Waals surface area contributed by atoms with Crippen LogP contribution in [0.3, 0.4) is 0 Å². The van der Waals surface area contributed by atoms with E-state index in [0.29, 0.717) is 22.0 Å². The largest absolute Gasteiger partial charge is 0.381 e. The minimum absolute atomic E-state index is 0.0766. The van der Waals surface area contributed by atoms with Crippen molar-refractivity contribution in [3.63, 3.8) is 0 Å². The summed E-state index contributed by atoms with van der Waals surface area (Å²) < 4.78 is 28.5. The second-order valence-electron chi connectivity index (χ2n) is 8.69. The summed E-state index contributed by atoms with van der Waals surface area (Å²) in [5, 5.41) is 16.9. The fourth-order valence-electron chi connectivity index (χ4n) is 4.08. The summed E-state index contributed by atoms with van der Waals surface area (Å²) in [5.74, 6) is -5.51. The van der Waals surface area contributed by atoms with Gasteiger partial charge in [0, 0.05) is 13.0 Å². The monoisotopic (exact) mass is 508 g/mol. The number of hydrogen-bond donors (Lipinski definition) is 3. The molecular weight excluding hydrogens is 478 g/mol. The van der Waals surface area contributed by atoms with Crippen LogP contribution in [0, 0.1) is 13.8 Å². The number of benzene rings is 1. The number of amides is 3. The molecule has 8 nitrogen and oxygen atoms in total. The number of aliphatic hydroxyl groups excluding tert-OH is 1. The molecule has 0 saturated carbocycles. The number of aromatic nitrogens is 1. The van der Waals surface area contributed by atoms with Gasteiger partial charge >= 0.3 is 0 Å². The van der Waals surface area contributed by atoms with Gasteiger partial charge in [0.05, 0.1) is 23.3 Å². The van der Waals surface area contributed by atoms with Gasteiger partial charge in [-0.1, -0.05) is 37.3 Å². The normalized spacial score (nSPS) is 18.7. The van der Waals surface area contributed by atoms with E-state index in [9.17, 15) is 28.3 Å². The number of alkyl halides is 2. The van der Waals surface area contributed by atoms with E-state index in [0.717, 1.165) is 10.5 Å². The number of nitrogens with one attached hydrogen (secondary N) is 2. The number of nitrogens with zero attached hydrogens (tertiary/aromatic N) is 2. The number of aryl methyl sites for hydroxylation is 2. The van der Waals surface area contributed by atoms with Gasteiger partial charge in [0.1, 0.15) is 10.9 Å². The topological polar surface area (TPSA) is 112 Å². The van der Waals surface area contributed by atoms with Crippen molar-refractivity contribution in [3.05, 3.63) is 51.5 Å². The molecular formula is C24H30F2N4O4S. The lowest BCUT2D eigenvalue weighted by Gasteiger charge is -2.30. The third kappa shape index (κ3) is 6.61. The van der Waals surface area contributed by atoms with Crippen molar-refractivity contribution >= 4 is 29.1 Å². The second-order valence-corrected chi connectivity index (χ2v) is 9.90. The van der Waals surface area contributed by atoms with Gasteiger partial charge in [-0.2, -0.15) is 0 Å². The van der Waals surface area contributed by atoms with E-state index >= 15 is 0 Å². The molecule has 3 rings (SSSR count). The quantitative estimate of drug-likeness (QED) is 0.481. The Morgan fingerprint density at radius 2 is 1.94 bits per heavy atom. The van der Waals surface area contributed by atoms with Gasteiger partial charge in [0.2, 0.25) is 5.91 Å². The van der Waals surface area contributed by atoms with Crippen molar-refractivity contribution < 1.29 is 28.3 Å². The van der Waals surface area contributed by atoms with Crippen LogP contribution in [0.1, 0.15) is 45.7 Å². The van der Waals surface area contributed by atoms with Gasteiger partial charge in [-0.05, 0) is 32.3 Å². The third-order valence-electron chi connectivity index (χ3n) is 5.76. The Morgan fingerprint density at radius 3 is 2.54 bits per heavy atom. The van der Waals surface area contributed by atoms with E-state index in [4.69, 9.17) is 0 Å². The van der Waals surface area contributed by atoms with E-state index in [2.05, 4.69) is 15.6 Å². The molecule has 35 heavy (non-hydrogen) atoms. The van der Waals surface area contributed by atoms with Gasteiger partial charge in [-0.25, -0.2) is 13.8 Å². The molecule has 1 aliphatic rings. The van der Waals surface area contributed by atoms with Crippen LogP contribution in [0.25, 0.3) is 0 Å². The predicted octanol–water partition coefficient (Wildman–Crippen LogP) is 2.22. The van der Waals surface area contributed by atoms with E-state index in [1.165, 1.54) is 11.3 Å². The Balaban J connectivity index is 1.85. The first-order valence-corrected chi connectivity index (χ1v) is 12.3. The molecule has 1 aromatic carbocycles. The summed E-state index contributed by atoms with van der Waals surface area (Å²) in [6, 6.07) is 6.36. The number of carbonyl (C=O) groups excluding carboxylic acids is 3. The molecule has 0 spiro atoms. The van der Waals surface area contributed by atoms with Gasteiger partial charge in [-0.15, -0.1) is 11.3 Å². The molecule has 190 valence electrons. The molecule has 0 bridgehead atoms. The zero-order valence-electron chi connectivity index (χ0n) is 19.9. The molecule has 0 radical (unpaired) electrons. The van der Waals surface area contributed by atoms with E-state index in [1.54, 1.807) is 44.2 Å². The van der Waals surface area contributed by atoms with Gasteiger partial charge in [0.15, 0.2) is 6.10 Å².